The smallest absolute Gasteiger partial charge is 0.237 e. The minimum atomic E-state index is 0.303. The molecule has 0 aromatic rings. The molecule has 2 unspecified atom stereocenters. The van der Waals surface area contributed by atoms with Gasteiger partial charge in [0, 0.05) is 19.2 Å². The lowest BCUT2D eigenvalue weighted by atomic mass is 9.78. The van der Waals surface area contributed by atoms with Crippen LogP contribution in [0.2, 0.25) is 0 Å². The van der Waals surface area contributed by atoms with E-state index in [-0.39, 0.29) is 0 Å². The molecule has 0 bridgehead atoms. The zero-order chi connectivity index (χ0) is 14.7. The number of hydrogen-bond acceptors (Lipinski definition) is 3. The lowest BCUT2D eigenvalue weighted by Crippen LogP contribution is -2.53. The van der Waals surface area contributed by atoms with Gasteiger partial charge in [0.2, 0.25) is 5.91 Å². The molecule has 0 aromatic carbocycles. The quantitative estimate of drug-likeness (QED) is 0.864. The van der Waals surface area contributed by atoms with Crippen molar-refractivity contribution in [1.82, 2.24) is 9.80 Å². The minimum Gasteiger partial charge on any atom is -0.396 e. The molecule has 3 rings (SSSR count). The number of rotatable bonds is 3. The molecule has 4 heteroatoms. The third-order valence-corrected chi connectivity index (χ3v) is 5.89. The largest absolute Gasteiger partial charge is 0.396 e. The maximum atomic E-state index is 12.7. The van der Waals surface area contributed by atoms with Gasteiger partial charge in [-0.1, -0.05) is 12.8 Å². The lowest BCUT2D eigenvalue weighted by molar-refractivity contribution is -0.139. The molecule has 1 amide bonds. The molecule has 0 spiro atoms. The maximum absolute atomic E-state index is 12.7. The highest BCUT2D eigenvalue weighted by Gasteiger charge is 2.36. The fourth-order valence-electron chi connectivity index (χ4n) is 4.54. The van der Waals surface area contributed by atoms with E-state index in [1.165, 1.54) is 38.5 Å². The number of carbonyl (C=O) groups is 1. The zero-order valence-corrected chi connectivity index (χ0v) is 13.2. The second kappa shape index (κ2) is 7.10. The van der Waals surface area contributed by atoms with Crippen LogP contribution in [0.4, 0.5) is 0 Å². The number of aliphatic hydroxyl groups is 1. The molecule has 21 heavy (non-hydrogen) atoms. The van der Waals surface area contributed by atoms with Crippen molar-refractivity contribution in [2.75, 3.05) is 32.8 Å². The fourth-order valence-corrected chi connectivity index (χ4v) is 4.54. The van der Waals surface area contributed by atoms with E-state index < -0.39 is 0 Å². The lowest BCUT2D eigenvalue weighted by Gasteiger charge is -2.45. The summed E-state index contributed by atoms with van der Waals surface area (Å²) in [5.74, 6) is 1.58. The summed E-state index contributed by atoms with van der Waals surface area (Å²) in [6.07, 6.45) is 9.81. The Morgan fingerprint density at radius 3 is 2.43 bits per heavy atom. The summed E-state index contributed by atoms with van der Waals surface area (Å²) < 4.78 is 0. The number of nitrogens with zero attached hydrogens (tertiary/aromatic N) is 2. The Morgan fingerprint density at radius 2 is 1.67 bits per heavy atom. The summed E-state index contributed by atoms with van der Waals surface area (Å²) in [6.45, 7) is 3.82. The van der Waals surface area contributed by atoms with E-state index in [0.717, 1.165) is 38.4 Å². The average Bonchev–Trinajstić information content (AvgIpc) is 2.55. The Morgan fingerprint density at radius 1 is 0.952 bits per heavy atom. The van der Waals surface area contributed by atoms with Crippen LogP contribution in [0.15, 0.2) is 0 Å². The summed E-state index contributed by atoms with van der Waals surface area (Å²) >= 11 is 0. The highest BCUT2D eigenvalue weighted by Crippen LogP contribution is 2.35. The first-order valence-electron chi connectivity index (χ1n) is 8.90. The summed E-state index contributed by atoms with van der Waals surface area (Å²) in [4.78, 5) is 17.2. The molecule has 2 saturated heterocycles. The average molecular weight is 294 g/mol. The standard InChI is InChI=1S/C17H30N2O2/c20-13-14-7-10-18(11-8-14)12-17(21)19-9-3-5-15-4-1-2-6-16(15)19/h14-16,20H,1-13H2. The van der Waals surface area contributed by atoms with E-state index >= 15 is 0 Å². The number of piperidine rings is 2. The van der Waals surface area contributed by atoms with Gasteiger partial charge in [0.1, 0.15) is 0 Å². The summed E-state index contributed by atoms with van der Waals surface area (Å²) in [5.41, 5.74) is 0. The third-order valence-electron chi connectivity index (χ3n) is 5.89. The van der Waals surface area contributed by atoms with Crippen molar-refractivity contribution in [2.24, 2.45) is 11.8 Å². The second-order valence-electron chi connectivity index (χ2n) is 7.24. The maximum Gasteiger partial charge on any atom is 0.237 e. The molecular formula is C17H30N2O2. The molecule has 0 radical (unpaired) electrons. The summed E-state index contributed by atoms with van der Waals surface area (Å²) in [7, 11) is 0. The Kier molecular flexibility index (Phi) is 5.17. The Labute approximate surface area is 128 Å². The van der Waals surface area contributed by atoms with Gasteiger partial charge < -0.3 is 10.0 Å². The molecule has 0 aromatic heterocycles. The molecule has 2 heterocycles. The number of aliphatic hydroxyl groups excluding tert-OH is 1. The van der Waals surface area contributed by atoms with Gasteiger partial charge in [-0.2, -0.15) is 0 Å². The molecule has 120 valence electrons. The molecular weight excluding hydrogens is 264 g/mol. The highest BCUT2D eigenvalue weighted by molar-refractivity contribution is 5.78. The van der Waals surface area contributed by atoms with Crippen LogP contribution >= 0.6 is 0 Å². The first-order chi connectivity index (χ1) is 10.3. The van der Waals surface area contributed by atoms with Crippen molar-refractivity contribution >= 4 is 5.91 Å². The van der Waals surface area contributed by atoms with Gasteiger partial charge in [-0.25, -0.2) is 0 Å². The predicted molar refractivity (Wildman–Crippen MR) is 82.9 cm³/mol. The molecule has 1 aliphatic carbocycles. The molecule has 3 fully saturated rings. The molecule has 1 N–H and O–H groups in total. The number of hydrogen-bond donors (Lipinski definition) is 1. The Balaban J connectivity index is 1.52. The van der Waals surface area contributed by atoms with E-state index in [1.807, 2.05) is 0 Å². The van der Waals surface area contributed by atoms with Crippen LogP contribution in [0.3, 0.4) is 0 Å². The van der Waals surface area contributed by atoms with E-state index in [4.69, 9.17) is 0 Å². The van der Waals surface area contributed by atoms with Crippen molar-refractivity contribution in [3.63, 3.8) is 0 Å². The van der Waals surface area contributed by atoms with Crippen LogP contribution in [-0.2, 0) is 4.79 Å². The van der Waals surface area contributed by atoms with E-state index in [9.17, 15) is 9.90 Å². The van der Waals surface area contributed by atoms with Crippen LogP contribution in [0.5, 0.6) is 0 Å². The van der Waals surface area contributed by atoms with Gasteiger partial charge in [-0.05, 0) is 63.5 Å². The van der Waals surface area contributed by atoms with E-state index in [1.54, 1.807) is 0 Å². The molecule has 2 atom stereocenters. The first kappa shape index (κ1) is 15.3. The van der Waals surface area contributed by atoms with Crippen LogP contribution in [0, 0.1) is 11.8 Å². The van der Waals surface area contributed by atoms with Crippen molar-refractivity contribution in [3.05, 3.63) is 0 Å². The number of fused-ring (bicyclic) bond motifs is 1. The van der Waals surface area contributed by atoms with Crippen LogP contribution in [-0.4, -0.2) is 59.6 Å². The van der Waals surface area contributed by atoms with Crippen LogP contribution < -0.4 is 0 Å². The van der Waals surface area contributed by atoms with Crippen LogP contribution in [0.25, 0.3) is 0 Å². The van der Waals surface area contributed by atoms with Gasteiger partial charge in [-0.3, -0.25) is 9.69 Å². The Hall–Kier alpha value is -0.610. The molecule has 3 aliphatic rings. The van der Waals surface area contributed by atoms with Crippen molar-refractivity contribution in [3.8, 4) is 0 Å². The zero-order valence-electron chi connectivity index (χ0n) is 13.2. The van der Waals surface area contributed by atoms with E-state index in [0.29, 0.717) is 31.0 Å². The molecule has 4 nitrogen and oxygen atoms in total. The van der Waals surface area contributed by atoms with Crippen molar-refractivity contribution in [2.45, 2.75) is 57.4 Å². The van der Waals surface area contributed by atoms with Crippen LogP contribution in [0.1, 0.15) is 51.4 Å². The third kappa shape index (κ3) is 3.59. The van der Waals surface area contributed by atoms with Gasteiger partial charge in [0.05, 0.1) is 6.54 Å². The number of amides is 1. The molecule has 1 saturated carbocycles. The van der Waals surface area contributed by atoms with Crippen molar-refractivity contribution in [1.29, 1.82) is 0 Å². The highest BCUT2D eigenvalue weighted by atomic mass is 16.3. The van der Waals surface area contributed by atoms with Gasteiger partial charge in [0.25, 0.3) is 0 Å². The fraction of sp³-hybridized carbons (Fsp3) is 0.941. The normalized spacial score (nSPS) is 32.0. The summed E-state index contributed by atoms with van der Waals surface area (Å²) in [5, 5.41) is 9.20. The first-order valence-corrected chi connectivity index (χ1v) is 8.90. The minimum absolute atomic E-state index is 0.303. The van der Waals surface area contributed by atoms with Crippen molar-refractivity contribution < 1.29 is 9.90 Å². The van der Waals surface area contributed by atoms with E-state index in [2.05, 4.69) is 9.80 Å². The molecule has 2 aliphatic heterocycles. The number of carbonyl (C=O) groups excluding carboxylic acids is 1. The SMILES string of the molecule is O=C(CN1CCC(CO)CC1)N1CCCC2CCCCC21. The second-order valence-corrected chi connectivity index (χ2v) is 7.24. The summed E-state index contributed by atoms with van der Waals surface area (Å²) in [6, 6.07) is 0.537. The number of likely N-dealkylation sites (tertiary alicyclic amines) is 2. The topological polar surface area (TPSA) is 43.8 Å². The van der Waals surface area contributed by atoms with Gasteiger partial charge in [-0.15, -0.1) is 0 Å². The van der Waals surface area contributed by atoms with Gasteiger partial charge >= 0.3 is 0 Å². The predicted octanol–water partition coefficient (Wildman–Crippen LogP) is 1.87. The van der Waals surface area contributed by atoms with Gasteiger partial charge in [0.15, 0.2) is 0 Å². The Bertz CT molecular complexity index is 351. The monoisotopic (exact) mass is 294 g/mol.